The number of carbonyl (C=O) groups excluding carboxylic acids is 2. The monoisotopic (exact) mass is 455 g/mol. The van der Waals surface area contributed by atoms with Gasteiger partial charge in [0.25, 0.3) is 11.8 Å². The summed E-state index contributed by atoms with van der Waals surface area (Å²) < 4.78 is 0.765. The lowest BCUT2D eigenvalue weighted by Gasteiger charge is -2.11. The Kier molecular flexibility index (Phi) is 6.57. The predicted molar refractivity (Wildman–Crippen MR) is 114 cm³/mol. The van der Waals surface area contributed by atoms with Gasteiger partial charge in [-0.25, -0.2) is 0 Å². The third-order valence-corrected chi connectivity index (χ3v) is 4.39. The molecule has 7 heteroatoms. The van der Waals surface area contributed by atoms with Crippen LogP contribution in [0, 0.1) is 0 Å². The molecule has 0 bridgehead atoms. The van der Waals surface area contributed by atoms with Crippen molar-refractivity contribution in [2.24, 2.45) is 0 Å². The van der Waals surface area contributed by atoms with Crippen LogP contribution in [0.1, 0.15) is 15.9 Å². The summed E-state index contributed by atoms with van der Waals surface area (Å²) in [5.74, 6) is -0.882. The molecule has 1 heterocycles. The number of hydrogen-bond acceptors (Lipinski definition) is 3. The van der Waals surface area contributed by atoms with Crippen LogP contribution in [0.25, 0.3) is 6.08 Å². The number of anilines is 1. The Morgan fingerprint density at radius 2 is 1.86 bits per heavy atom. The van der Waals surface area contributed by atoms with Gasteiger partial charge in [0, 0.05) is 33.1 Å². The van der Waals surface area contributed by atoms with Gasteiger partial charge in [-0.15, -0.1) is 0 Å². The molecule has 2 amide bonds. The van der Waals surface area contributed by atoms with E-state index in [1.165, 1.54) is 0 Å². The predicted octanol–water partition coefficient (Wildman–Crippen LogP) is 4.91. The van der Waals surface area contributed by atoms with Crippen molar-refractivity contribution in [2.45, 2.75) is 0 Å². The minimum absolute atomic E-state index is 0.0814. The number of pyridine rings is 1. The number of halogens is 2. The Labute approximate surface area is 175 Å². The van der Waals surface area contributed by atoms with E-state index < -0.39 is 11.8 Å². The number of hydrogen-bond donors (Lipinski definition) is 2. The molecular formula is C21H15BrClN3O2. The van der Waals surface area contributed by atoms with Gasteiger partial charge in [-0.05, 0) is 54.1 Å². The first-order valence-corrected chi connectivity index (χ1v) is 9.44. The minimum atomic E-state index is -0.477. The van der Waals surface area contributed by atoms with Crippen LogP contribution in [-0.2, 0) is 4.79 Å². The lowest BCUT2D eigenvalue weighted by Crippen LogP contribution is -2.30. The molecule has 0 aliphatic carbocycles. The van der Waals surface area contributed by atoms with Crippen molar-refractivity contribution in [1.29, 1.82) is 0 Å². The highest BCUT2D eigenvalue weighted by atomic mass is 79.9. The second kappa shape index (κ2) is 9.30. The maximum atomic E-state index is 12.8. The molecule has 3 aromatic rings. The third kappa shape index (κ3) is 5.52. The van der Waals surface area contributed by atoms with Gasteiger partial charge in [0.05, 0.1) is 0 Å². The summed E-state index contributed by atoms with van der Waals surface area (Å²) in [6.45, 7) is 0. The summed E-state index contributed by atoms with van der Waals surface area (Å²) in [7, 11) is 0. The average molecular weight is 457 g/mol. The Morgan fingerprint density at radius 3 is 2.57 bits per heavy atom. The van der Waals surface area contributed by atoms with Crippen molar-refractivity contribution < 1.29 is 9.59 Å². The van der Waals surface area contributed by atoms with Gasteiger partial charge in [-0.1, -0.05) is 45.7 Å². The Bertz CT molecular complexity index is 1040. The smallest absolute Gasteiger partial charge is 0.272 e. The summed E-state index contributed by atoms with van der Waals surface area (Å²) in [5.41, 5.74) is 1.69. The molecule has 2 N–H and O–H groups in total. The Morgan fingerprint density at radius 1 is 1.04 bits per heavy atom. The molecule has 0 spiro atoms. The van der Waals surface area contributed by atoms with Crippen molar-refractivity contribution in [3.63, 3.8) is 0 Å². The van der Waals surface area contributed by atoms with E-state index in [1.807, 2.05) is 6.07 Å². The second-order valence-corrected chi connectivity index (χ2v) is 7.13. The molecule has 5 nitrogen and oxygen atoms in total. The van der Waals surface area contributed by atoms with Crippen molar-refractivity contribution in [3.8, 4) is 0 Å². The lowest BCUT2D eigenvalue weighted by atomic mass is 10.2. The number of amides is 2. The van der Waals surface area contributed by atoms with Crippen LogP contribution >= 0.6 is 27.5 Å². The maximum absolute atomic E-state index is 12.8. The van der Waals surface area contributed by atoms with E-state index in [4.69, 9.17) is 11.6 Å². The van der Waals surface area contributed by atoms with Crippen LogP contribution in [0.4, 0.5) is 5.69 Å². The van der Waals surface area contributed by atoms with E-state index in [1.54, 1.807) is 73.1 Å². The van der Waals surface area contributed by atoms with Crippen molar-refractivity contribution in [1.82, 2.24) is 10.3 Å². The van der Waals surface area contributed by atoms with E-state index in [9.17, 15) is 9.59 Å². The number of rotatable bonds is 5. The van der Waals surface area contributed by atoms with Gasteiger partial charge >= 0.3 is 0 Å². The van der Waals surface area contributed by atoms with E-state index >= 15 is 0 Å². The normalized spacial score (nSPS) is 11.0. The molecule has 0 radical (unpaired) electrons. The fourth-order valence-corrected chi connectivity index (χ4v) is 2.96. The number of aromatic nitrogens is 1. The van der Waals surface area contributed by atoms with E-state index in [0.29, 0.717) is 21.8 Å². The Hall–Kier alpha value is -2.96. The highest BCUT2D eigenvalue weighted by Crippen LogP contribution is 2.17. The minimum Gasteiger partial charge on any atom is -0.321 e. The van der Waals surface area contributed by atoms with Gasteiger partial charge in [0.2, 0.25) is 0 Å². The first kappa shape index (κ1) is 19.8. The van der Waals surface area contributed by atoms with Crippen LogP contribution < -0.4 is 10.6 Å². The first-order chi connectivity index (χ1) is 13.5. The molecule has 0 saturated heterocycles. The lowest BCUT2D eigenvalue weighted by molar-refractivity contribution is -0.113. The van der Waals surface area contributed by atoms with Crippen molar-refractivity contribution >= 4 is 51.1 Å². The van der Waals surface area contributed by atoms with Gasteiger partial charge < -0.3 is 10.6 Å². The summed E-state index contributed by atoms with van der Waals surface area (Å²) in [6.07, 6.45) is 4.78. The Balaban J connectivity index is 1.87. The SMILES string of the molecule is O=C(Nc1cccc(Cl)c1)C(=Cc1cccnc1)NC(=O)c1cccc(Br)c1. The largest absolute Gasteiger partial charge is 0.321 e. The van der Waals surface area contributed by atoms with Crippen LogP contribution in [-0.4, -0.2) is 16.8 Å². The summed E-state index contributed by atoms with van der Waals surface area (Å²) in [5, 5.41) is 5.90. The van der Waals surface area contributed by atoms with E-state index in [2.05, 4.69) is 31.5 Å². The highest BCUT2D eigenvalue weighted by Gasteiger charge is 2.15. The summed E-state index contributed by atoms with van der Waals surface area (Å²) >= 11 is 9.30. The third-order valence-electron chi connectivity index (χ3n) is 3.66. The molecule has 0 unspecified atom stereocenters. The zero-order valence-electron chi connectivity index (χ0n) is 14.5. The standard InChI is InChI=1S/C21H15BrClN3O2/c22-16-6-1-5-15(11-16)20(27)26-19(10-14-4-3-9-24-13-14)21(28)25-18-8-2-7-17(23)12-18/h1-13H,(H,25,28)(H,26,27). The number of benzene rings is 2. The number of nitrogens with one attached hydrogen (secondary N) is 2. The zero-order valence-corrected chi connectivity index (χ0v) is 16.9. The maximum Gasteiger partial charge on any atom is 0.272 e. The fourth-order valence-electron chi connectivity index (χ4n) is 2.38. The highest BCUT2D eigenvalue weighted by molar-refractivity contribution is 9.10. The van der Waals surface area contributed by atoms with Crippen LogP contribution in [0.2, 0.25) is 5.02 Å². The van der Waals surface area contributed by atoms with Gasteiger partial charge in [0.15, 0.2) is 0 Å². The molecule has 2 aromatic carbocycles. The first-order valence-electron chi connectivity index (χ1n) is 8.27. The second-order valence-electron chi connectivity index (χ2n) is 5.77. The summed E-state index contributed by atoms with van der Waals surface area (Å²) in [6, 6.07) is 17.2. The summed E-state index contributed by atoms with van der Waals surface area (Å²) in [4.78, 5) is 29.4. The van der Waals surface area contributed by atoms with Gasteiger partial charge in [0.1, 0.15) is 5.70 Å². The molecule has 28 heavy (non-hydrogen) atoms. The van der Waals surface area contributed by atoms with Gasteiger partial charge in [-0.2, -0.15) is 0 Å². The van der Waals surface area contributed by atoms with Gasteiger partial charge in [-0.3, -0.25) is 14.6 Å². The topological polar surface area (TPSA) is 71.1 Å². The molecule has 0 saturated carbocycles. The van der Waals surface area contributed by atoms with Crippen molar-refractivity contribution in [2.75, 3.05) is 5.32 Å². The van der Waals surface area contributed by atoms with Crippen LogP contribution in [0.5, 0.6) is 0 Å². The quantitative estimate of drug-likeness (QED) is 0.536. The zero-order chi connectivity index (χ0) is 19.9. The van der Waals surface area contributed by atoms with Crippen LogP contribution in [0.3, 0.4) is 0 Å². The molecule has 0 atom stereocenters. The molecular weight excluding hydrogens is 442 g/mol. The molecule has 0 aliphatic rings. The number of carbonyl (C=O) groups is 2. The molecule has 0 fully saturated rings. The van der Waals surface area contributed by atoms with E-state index in [0.717, 1.165) is 4.47 Å². The molecule has 1 aromatic heterocycles. The molecule has 3 rings (SSSR count). The average Bonchev–Trinajstić information content (AvgIpc) is 2.68. The molecule has 0 aliphatic heterocycles. The van der Waals surface area contributed by atoms with E-state index in [-0.39, 0.29) is 5.70 Å². The fraction of sp³-hybridized carbons (Fsp3) is 0. The molecule has 140 valence electrons. The number of nitrogens with zero attached hydrogens (tertiary/aromatic N) is 1. The van der Waals surface area contributed by atoms with Crippen molar-refractivity contribution in [3.05, 3.63) is 99.4 Å². The van der Waals surface area contributed by atoms with Crippen LogP contribution in [0.15, 0.2) is 83.2 Å².